The maximum Gasteiger partial charge on any atom is 0.276 e. The second-order valence-corrected chi connectivity index (χ2v) is 8.10. The lowest BCUT2D eigenvalue weighted by molar-refractivity contribution is -0.117. The third kappa shape index (κ3) is 4.05. The monoisotopic (exact) mass is 428 g/mol. The normalized spacial score (nSPS) is 15.2. The number of anilines is 1. The summed E-state index contributed by atoms with van der Waals surface area (Å²) < 4.78 is 28.3. The molecule has 0 saturated heterocycles. The summed E-state index contributed by atoms with van der Waals surface area (Å²) in [6.07, 6.45) is 2.60. The van der Waals surface area contributed by atoms with Gasteiger partial charge in [0.2, 0.25) is 5.91 Å². The Balaban J connectivity index is 1.74. The molecule has 7 nitrogen and oxygen atoms in total. The molecule has 0 bridgehead atoms. The first-order valence-electron chi connectivity index (χ1n) is 9.89. The van der Waals surface area contributed by atoms with Crippen LogP contribution in [0.15, 0.2) is 35.4 Å². The fourth-order valence-electron chi connectivity index (χ4n) is 3.47. The van der Waals surface area contributed by atoms with E-state index in [2.05, 4.69) is 15.3 Å². The molecule has 0 aliphatic heterocycles. The molecule has 31 heavy (non-hydrogen) atoms. The van der Waals surface area contributed by atoms with Crippen molar-refractivity contribution in [1.29, 1.82) is 0 Å². The minimum atomic E-state index is -3.33. The van der Waals surface area contributed by atoms with Gasteiger partial charge in [-0.2, -0.15) is 0 Å². The predicted octanol–water partition coefficient (Wildman–Crippen LogP) is 3.34. The summed E-state index contributed by atoms with van der Waals surface area (Å²) in [5, 5.41) is 13.2. The summed E-state index contributed by atoms with van der Waals surface area (Å²) in [6.45, 7) is 2.29. The second kappa shape index (κ2) is 7.49. The predicted molar refractivity (Wildman–Crippen MR) is 112 cm³/mol. The number of rotatable bonds is 5. The fraction of sp³-hybridized carbons (Fsp3) is 0.364. The molecule has 4 rings (SSSR count). The number of aromatic nitrogens is 3. The van der Waals surface area contributed by atoms with E-state index in [4.69, 9.17) is 0 Å². The number of fused-ring (bicyclic) bond motifs is 1. The quantitative estimate of drug-likeness (QED) is 0.650. The Morgan fingerprint density at radius 2 is 1.94 bits per heavy atom. The number of hydrogen-bond donors (Lipinski definition) is 2. The van der Waals surface area contributed by atoms with Gasteiger partial charge in [-0.25, -0.2) is 13.8 Å². The van der Waals surface area contributed by atoms with Crippen molar-refractivity contribution < 1.29 is 18.7 Å². The van der Waals surface area contributed by atoms with E-state index in [0.29, 0.717) is 40.3 Å². The fourth-order valence-corrected chi connectivity index (χ4v) is 3.47. The van der Waals surface area contributed by atoms with Crippen molar-refractivity contribution >= 4 is 22.6 Å². The molecule has 1 amide bonds. The Morgan fingerprint density at radius 3 is 2.55 bits per heavy atom. The first kappa shape index (κ1) is 21.0. The van der Waals surface area contributed by atoms with Gasteiger partial charge in [0.25, 0.3) is 11.5 Å². The molecule has 3 aromatic rings. The average molecular weight is 428 g/mol. The van der Waals surface area contributed by atoms with Crippen LogP contribution in [0.1, 0.15) is 37.1 Å². The molecule has 3 aromatic heterocycles. The molecule has 3 heterocycles. The minimum Gasteiger partial charge on any atom is -0.380 e. The SMILES string of the molecule is Cc1cc([C@@H](O)C(C)(F)F)ncc1-c1cc2cnc(NC(=O)C3CC3)cc2n(C)c1=O. The smallest absolute Gasteiger partial charge is 0.276 e. The molecule has 9 heteroatoms. The van der Waals surface area contributed by atoms with E-state index in [-0.39, 0.29) is 23.1 Å². The number of alkyl halides is 2. The summed E-state index contributed by atoms with van der Waals surface area (Å²) in [7, 11) is 1.61. The van der Waals surface area contributed by atoms with E-state index in [0.717, 1.165) is 12.8 Å². The van der Waals surface area contributed by atoms with Gasteiger partial charge in [0.15, 0.2) is 6.10 Å². The summed E-state index contributed by atoms with van der Waals surface area (Å²) in [5.41, 5.74) is 1.47. The van der Waals surface area contributed by atoms with Crippen molar-refractivity contribution in [3.05, 3.63) is 52.2 Å². The van der Waals surface area contributed by atoms with E-state index in [1.54, 1.807) is 32.3 Å². The molecule has 1 fully saturated rings. The van der Waals surface area contributed by atoms with Crippen molar-refractivity contribution in [1.82, 2.24) is 14.5 Å². The van der Waals surface area contributed by atoms with Gasteiger partial charge < -0.3 is 15.0 Å². The van der Waals surface area contributed by atoms with E-state index >= 15 is 0 Å². The number of aliphatic hydroxyl groups excluding tert-OH is 1. The largest absolute Gasteiger partial charge is 0.380 e. The summed E-state index contributed by atoms with van der Waals surface area (Å²) in [4.78, 5) is 33.2. The van der Waals surface area contributed by atoms with Gasteiger partial charge in [0.05, 0.1) is 11.2 Å². The summed E-state index contributed by atoms with van der Waals surface area (Å²) in [6, 6.07) is 4.66. The Bertz CT molecular complexity index is 1250. The zero-order valence-electron chi connectivity index (χ0n) is 17.3. The lowest BCUT2D eigenvalue weighted by atomic mass is 10.00. The Morgan fingerprint density at radius 1 is 1.23 bits per heavy atom. The minimum absolute atomic E-state index is 0.0355. The number of carbonyl (C=O) groups is 1. The first-order chi connectivity index (χ1) is 14.6. The third-order valence-corrected chi connectivity index (χ3v) is 5.49. The maximum absolute atomic E-state index is 13.4. The van der Waals surface area contributed by atoms with Crippen LogP contribution in [0.4, 0.5) is 14.6 Å². The van der Waals surface area contributed by atoms with Crippen LogP contribution in [0, 0.1) is 12.8 Å². The van der Waals surface area contributed by atoms with Gasteiger partial charge in [-0.05, 0) is 37.5 Å². The molecule has 1 aliphatic carbocycles. The number of aryl methyl sites for hydroxylation is 2. The molecule has 1 atom stereocenters. The molecule has 1 aliphatic rings. The molecular weight excluding hydrogens is 406 g/mol. The topological polar surface area (TPSA) is 97.1 Å². The zero-order valence-corrected chi connectivity index (χ0v) is 17.3. The highest BCUT2D eigenvalue weighted by Crippen LogP contribution is 2.32. The van der Waals surface area contributed by atoms with Crippen LogP contribution in [-0.2, 0) is 11.8 Å². The lowest BCUT2D eigenvalue weighted by Crippen LogP contribution is -2.23. The molecular formula is C22H22F2N4O3. The van der Waals surface area contributed by atoms with Gasteiger partial charge in [-0.3, -0.25) is 14.6 Å². The van der Waals surface area contributed by atoms with Crippen molar-refractivity contribution in [2.45, 2.75) is 38.7 Å². The summed E-state index contributed by atoms with van der Waals surface area (Å²) >= 11 is 0. The number of nitrogens with one attached hydrogen (secondary N) is 1. The number of amides is 1. The number of carbonyl (C=O) groups excluding carboxylic acids is 1. The first-order valence-corrected chi connectivity index (χ1v) is 9.89. The maximum atomic E-state index is 13.4. The Hall–Kier alpha value is -3.20. The van der Waals surface area contributed by atoms with Crippen LogP contribution < -0.4 is 10.9 Å². The molecule has 0 aromatic carbocycles. The van der Waals surface area contributed by atoms with Gasteiger partial charge in [0.1, 0.15) is 5.82 Å². The van der Waals surface area contributed by atoms with Gasteiger partial charge in [-0.1, -0.05) is 0 Å². The molecule has 162 valence electrons. The van der Waals surface area contributed by atoms with E-state index < -0.39 is 12.0 Å². The van der Waals surface area contributed by atoms with Crippen molar-refractivity contribution in [3.8, 4) is 11.1 Å². The molecule has 2 N–H and O–H groups in total. The van der Waals surface area contributed by atoms with Crippen LogP contribution in [0.25, 0.3) is 22.0 Å². The molecule has 0 spiro atoms. The van der Waals surface area contributed by atoms with Gasteiger partial charge in [-0.15, -0.1) is 0 Å². The standard InChI is InChI=1S/C22H22F2N4O3/c1-11-6-16(19(29)22(2,23)24)25-10-15(11)14-7-13-9-26-18(27-20(30)12-4-5-12)8-17(13)28(3)21(14)31/h6-10,12,19,29H,4-5H2,1-3H3,(H,26,27,30)/t19-/m1/s1. The number of halogens is 2. The van der Waals surface area contributed by atoms with Crippen LogP contribution >= 0.6 is 0 Å². The van der Waals surface area contributed by atoms with E-state index in [9.17, 15) is 23.5 Å². The zero-order chi connectivity index (χ0) is 22.5. The number of aliphatic hydroxyl groups is 1. The number of pyridine rings is 3. The van der Waals surface area contributed by atoms with Gasteiger partial charge in [0, 0.05) is 54.9 Å². The third-order valence-electron chi connectivity index (χ3n) is 5.49. The van der Waals surface area contributed by atoms with Crippen LogP contribution in [0.2, 0.25) is 0 Å². The number of nitrogens with zero attached hydrogens (tertiary/aromatic N) is 3. The molecule has 1 saturated carbocycles. The van der Waals surface area contributed by atoms with Crippen LogP contribution in [0.3, 0.4) is 0 Å². The van der Waals surface area contributed by atoms with Gasteiger partial charge >= 0.3 is 0 Å². The van der Waals surface area contributed by atoms with Crippen LogP contribution in [0.5, 0.6) is 0 Å². The average Bonchev–Trinajstić information content (AvgIpc) is 3.55. The highest BCUT2D eigenvalue weighted by molar-refractivity contribution is 5.95. The molecule has 0 unspecified atom stereocenters. The molecule has 0 radical (unpaired) electrons. The number of hydrogen-bond acceptors (Lipinski definition) is 5. The second-order valence-electron chi connectivity index (χ2n) is 8.10. The van der Waals surface area contributed by atoms with Crippen molar-refractivity contribution in [2.75, 3.05) is 5.32 Å². The van der Waals surface area contributed by atoms with E-state index in [1.807, 2.05) is 0 Å². The summed E-state index contributed by atoms with van der Waals surface area (Å²) in [5.74, 6) is -2.99. The Kier molecular flexibility index (Phi) is 5.09. The lowest BCUT2D eigenvalue weighted by Gasteiger charge is -2.18. The highest BCUT2D eigenvalue weighted by atomic mass is 19.3. The van der Waals surface area contributed by atoms with Crippen molar-refractivity contribution in [2.24, 2.45) is 13.0 Å². The van der Waals surface area contributed by atoms with Crippen LogP contribution in [-0.4, -0.2) is 31.5 Å². The Labute approximate surface area is 176 Å². The van der Waals surface area contributed by atoms with E-state index in [1.165, 1.54) is 16.8 Å². The highest BCUT2D eigenvalue weighted by Gasteiger charge is 2.35. The van der Waals surface area contributed by atoms with Crippen molar-refractivity contribution in [3.63, 3.8) is 0 Å².